The summed E-state index contributed by atoms with van der Waals surface area (Å²) in [5.41, 5.74) is -0.555. The van der Waals surface area contributed by atoms with Crippen LogP contribution in [0.4, 0.5) is 20.2 Å². The molecule has 33 heavy (non-hydrogen) atoms. The van der Waals surface area contributed by atoms with Gasteiger partial charge in [-0.1, -0.05) is 0 Å². The van der Waals surface area contributed by atoms with Gasteiger partial charge in [0.2, 0.25) is 9.84 Å². The molecule has 0 aromatic heterocycles. The van der Waals surface area contributed by atoms with Crippen molar-refractivity contribution in [2.24, 2.45) is 0 Å². The van der Waals surface area contributed by atoms with Crippen LogP contribution >= 0.6 is 0 Å². The van der Waals surface area contributed by atoms with Gasteiger partial charge in [-0.2, -0.15) is 0 Å². The molecule has 0 saturated carbocycles. The lowest BCUT2D eigenvalue weighted by atomic mass is 10.3. The van der Waals surface area contributed by atoms with Crippen LogP contribution in [-0.2, 0) is 38.5 Å². The van der Waals surface area contributed by atoms with Gasteiger partial charge < -0.3 is 20.1 Å². The monoisotopic (exact) mass is 484 g/mol. The van der Waals surface area contributed by atoms with E-state index in [0.29, 0.717) is 24.3 Å². The van der Waals surface area contributed by atoms with Crippen molar-refractivity contribution < 1.29 is 45.9 Å². The van der Waals surface area contributed by atoms with Crippen LogP contribution in [0.2, 0.25) is 0 Å². The third-order valence-electron chi connectivity index (χ3n) is 3.88. The van der Waals surface area contributed by atoms with Gasteiger partial charge in [0.25, 0.3) is 0 Å². The summed E-state index contributed by atoms with van der Waals surface area (Å²) in [5, 5.41) is 4.09. The first kappa shape index (κ1) is 25.4. The molecule has 0 heterocycles. The Morgan fingerprint density at radius 1 is 0.758 bits per heavy atom. The summed E-state index contributed by atoms with van der Waals surface area (Å²) >= 11 is 0. The Labute approximate surface area is 186 Å². The number of esters is 2. The molecule has 0 saturated heterocycles. The van der Waals surface area contributed by atoms with Gasteiger partial charge in [-0.3, -0.25) is 9.59 Å². The maximum absolute atomic E-state index is 14.4. The molecule has 0 fully saturated rings. The molecular formula is C20H18F2N2O8S. The largest absolute Gasteiger partial charge is 0.459 e. The van der Waals surface area contributed by atoms with Crippen LogP contribution in [0.5, 0.6) is 0 Å². The number of sulfone groups is 1. The highest BCUT2D eigenvalue weighted by Crippen LogP contribution is 2.29. The molecule has 10 nitrogen and oxygen atoms in total. The number of hydrogen-bond donors (Lipinski definition) is 2. The van der Waals surface area contributed by atoms with E-state index in [4.69, 9.17) is 0 Å². The van der Waals surface area contributed by atoms with E-state index in [9.17, 15) is 36.4 Å². The molecule has 176 valence electrons. The van der Waals surface area contributed by atoms with Crippen LogP contribution in [0, 0.1) is 11.6 Å². The van der Waals surface area contributed by atoms with E-state index in [0.717, 1.165) is 12.1 Å². The summed E-state index contributed by atoms with van der Waals surface area (Å²) in [6.07, 6.45) is 0. The van der Waals surface area contributed by atoms with E-state index in [1.165, 1.54) is 13.8 Å². The maximum Gasteiger partial charge on any atom is 0.397 e. The lowest BCUT2D eigenvalue weighted by Gasteiger charge is -2.11. The molecule has 2 aromatic carbocycles. The van der Waals surface area contributed by atoms with Crippen LogP contribution in [0.25, 0.3) is 0 Å². The predicted molar refractivity (Wildman–Crippen MR) is 109 cm³/mol. The van der Waals surface area contributed by atoms with E-state index in [1.807, 2.05) is 10.6 Å². The lowest BCUT2D eigenvalue weighted by Crippen LogP contribution is -2.25. The molecule has 0 aliphatic heterocycles. The third-order valence-corrected chi connectivity index (χ3v) is 5.66. The standard InChI is InChI=1S/C20H18F2N2O8S/c1-3-31-19(27)17(25)23-11-5-7-13(21)15(9-11)33(29,30)16-10-12(6-8-14(16)22)24-18(26)20(28)32-4-2/h5-10H,3-4H2,1-2H3,(H,23,25)(H,24,26). The van der Waals surface area contributed by atoms with Crippen molar-refractivity contribution in [2.45, 2.75) is 23.6 Å². The molecule has 0 unspecified atom stereocenters. The van der Waals surface area contributed by atoms with Gasteiger partial charge in [0.1, 0.15) is 21.4 Å². The number of carbonyl (C=O) groups is 4. The first-order chi connectivity index (χ1) is 15.5. The normalized spacial score (nSPS) is 10.8. The molecule has 2 N–H and O–H groups in total. The van der Waals surface area contributed by atoms with Crippen LogP contribution < -0.4 is 10.6 Å². The second-order valence-corrected chi connectivity index (χ2v) is 8.03. The molecule has 2 aromatic rings. The Balaban J connectivity index is 2.41. The summed E-state index contributed by atoms with van der Waals surface area (Å²) in [6.45, 7) is 2.76. The van der Waals surface area contributed by atoms with Gasteiger partial charge in [0.15, 0.2) is 0 Å². The fourth-order valence-electron chi connectivity index (χ4n) is 2.45. The van der Waals surface area contributed by atoms with Crippen molar-refractivity contribution in [3.63, 3.8) is 0 Å². The average Bonchev–Trinajstić information content (AvgIpc) is 2.76. The van der Waals surface area contributed by atoms with Crippen molar-refractivity contribution in [3.05, 3.63) is 48.0 Å². The first-order valence-corrected chi connectivity index (χ1v) is 10.8. The third kappa shape index (κ3) is 6.10. The van der Waals surface area contributed by atoms with Crippen molar-refractivity contribution >= 4 is 45.0 Å². The Bertz CT molecular complexity index is 1130. The van der Waals surface area contributed by atoms with Gasteiger partial charge in [0, 0.05) is 11.4 Å². The van der Waals surface area contributed by atoms with Gasteiger partial charge in [-0.25, -0.2) is 26.8 Å². The second-order valence-electron chi connectivity index (χ2n) is 6.14. The number of rotatable bonds is 6. The molecule has 0 spiro atoms. The number of anilines is 2. The van der Waals surface area contributed by atoms with Crippen LogP contribution in [-0.4, -0.2) is 45.4 Å². The minimum Gasteiger partial charge on any atom is -0.459 e. The first-order valence-electron chi connectivity index (χ1n) is 9.31. The highest BCUT2D eigenvalue weighted by atomic mass is 32.2. The van der Waals surface area contributed by atoms with Crippen molar-refractivity contribution in [1.29, 1.82) is 0 Å². The zero-order chi connectivity index (χ0) is 24.8. The molecule has 2 rings (SSSR count). The van der Waals surface area contributed by atoms with Crippen LogP contribution in [0.3, 0.4) is 0 Å². The molecular weight excluding hydrogens is 466 g/mol. The molecule has 2 amide bonds. The summed E-state index contributed by atoms with van der Waals surface area (Å²) in [4.78, 5) is 44.3. The van der Waals surface area contributed by atoms with E-state index >= 15 is 0 Å². The van der Waals surface area contributed by atoms with E-state index in [2.05, 4.69) is 9.47 Å². The predicted octanol–water partition coefficient (Wildman–Crippen LogP) is 1.80. The van der Waals surface area contributed by atoms with E-state index < -0.39 is 55.0 Å². The summed E-state index contributed by atoms with van der Waals surface area (Å²) in [7, 11) is -4.86. The number of ether oxygens (including phenoxy) is 2. The van der Waals surface area contributed by atoms with Crippen molar-refractivity contribution in [2.75, 3.05) is 23.8 Å². The Kier molecular flexibility index (Phi) is 8.18. The SMILES string of the molecule is CCOC(=O)C(=O)Nc1ccc(F)c(S(=O)(=O)c2cc(NC(=O)C(=O)OCC)ccc2F)c1. The zero-order valence-corrected chi connectivity index (χ0v) is 18.1. The van der Waals surface area contributed by atoms with Gasteiger partial charge in [-0.15, -0.1) is 0 Å². The summed E-state index contributed by atoms with van der Waals surface area (Å²) in [6, 6.07) is 4.72. The number of amides is 2. The highest BCUT2D eigenvalue weighted by molar-refractivity contribution is 7.91. The quantitative estimate of drug-likeness (QED) is 0.466. The smallest absolute Gasteiger partial charge is 0.397 e. The van der Waals surface area contributed by atoms with Crippen molar-refractivity contribution in [1.82, 2.24) is 0 Å². The fraction of sp³-hybridized carbons (Fsp3) is 0.200. The number of nitrogens with one attached hydrogen (secondary N) is 2. The topological polar surface area (TPSA) is 145 Å². The number of halogens is 2. The van der Waals surface area contributed by atoms with Crippen molar-refractivity contribution in [3.8, 4) is 0 Å². The van der Waals surface area contributed by atoms with E-state index in [1.54, 1.807) is 0 Å². The Morgan fingerprint density at radius 2 is 1.12 bits per heavy atom. The highest BCUT2D eigenvalue weighted by Gasteiger charge is 2.27. The van der Waals surface area contributed by atoms with E-state index in [-0.39, 0.29) is 24.6 Å². The van der Waals surface area contributed by atoms with Gasteiger partial charge in [0.05, 0.1) is 13.2 Å². The Hall–Kier alpha value is -3.87. The average molecular weight is 484 g/mol. The lowest BCUT2D eigenvalue weighted by molar-refractivity contribution is -0.152. The van der Waals surface area contributed by atoms with Gasteiger partial charge >= 0.3 is 23.8 Å². The minimum atomic E-state index is -4.86. The molecule has 13 heteroatoms. The number of hydrogen-bond acceptors (Lipinski definition) is 8. The zero-order valence-electron chi connectivity index (χ0n) is 17.3. The summed E-state index contributed by atoms with van der Waals surface area (Å²) in [5.74, 6) is -7.51. The summed E-state index contributed by atoms with van der Waals surface area (Å²) < 4.78 is 63.6. The number of benzene rings is 2. The molecule has 0 bridgehead atoms. The number of carbonyl (C=O) groups excluding carboxylic acids is 4. The second kappa shape index (κ2) is 10.6. The maximum atomic E-state index is 14.4. The van der Waals surface area contributed by atoms with Crippen LogP contribution in [0.1, 0.15) is 13.8 Å². The Morgan fingerprint density at radius 3 is 1.45 bits per heavy atom. The van der Waals surface area contributed by atoms with Crippen LogP contribution in [0.15, 0.2) is 46.2 Å². The molecule has 0 aliphatic carbocycles. The molecule has 0 radical (unpaired) electrons. The van der Waals surface area contributed by atoms with Gasteiger partial charge in [-0.05, 0) is 50.2 Å². The molecule has 0 aliphatic rings. The molecule has 0 atom stereocenters. The minimum absolute atomic E-state index is 0.0857. The fourth-order valence-corrected chi connectivity index (χ4v) is 3.90.